The van der Waals surface area contributed by atoms with Gasteiger partial charge in [0.1, 0.15) is 11.4 Å². The molecule has 0 saturated carbocycles. The van der Waals surface area contributed by atoms with Gasteiger partial charge in [-0.25, -0.2) is 9.97 Å². The highest BCUT2D eigenvalue weighted by Gasteiger charge is 2.34. The van der Waals surface area contributed by atoms with Gasteiger partial charge in [-0.05, 0) is 52.0 Å². The SMILES string of the molecule is Cc1nc([C@H]2CCCCN2C(=O)c2oc3ccccc3c2C)nc2c1CCCN2C. The van der Waals surface area contributed by atoms with Crippen LogP contribution in [0.2, 0.25) is 0 Å². The van der Waals surface area contributed by atoms with Crippen molar-refractivity contribution in [1.82, 2.24) is 14.9 Å². The van der Waals surface area contributed by atoms with E-state index in [0.717, 1.165) is 72.5 Å². The Kier molecular flexibility index (Phi) is 4.72. The van der Waals surface area contributed by atoms with Gasteiger partial charge in [0.05, 0.1) is 6.04 Å². The predicted molar refractivity (Wildman–Crippen MR) is 117 cm³/mol. The van der Waals surface area contributed by atoms with E-state index in [1.54, 1.807) is 0 Å². The number of hydrogen-bond donors (Lipinski definition) is 0. The molecular weight excluding hydrogens is 376 g/mol. The van der Waals surface area contributed by atoms with Crippen molar-refractivity contribution in [1.29, 1.82) is 0 Å². The molecule has 1 saturated heterocycles. The Labute approximate surface area is 176 Å². The molecule has 2 aliphatic rings. The number of aromatic nitrogens is 2. The highest BCUT2D eigenvalue weighted by atomic mass is 16.3. The minimum absolute atomic E-state index is 0.0549. The van der Waals surface area contributed by atoms with Crippen LogP contribution < -0.4 is 4.90 Å². The summed E-state index contributed by atoms with van der Waals surface area (Å²) in [6.45, 7) is 5.75. The zero-order chi connectivity index (χ0) is 20.8. The van der Waals surface area contributed by atoms with E-state index in [0.29, 0.717) is 12.3 Å². The predicted octanol–water partition coefficient (Wildman–Crippen LogP) is 4.59. The highest BCUT2D eigenvalue weighted by molar-refractivity contribution is 5.99. The Balaban J connectivity index is 1.53. The maximum absolute atomic E-state index is 13.6. The van der Waals surface area contributed by atoms with Crippen LogP contribution in [0.25, 0.3) is 11.0 Å². The summed E-state index contributed by atoms with van der Waals surface area (Å²) in [5.74, 6) is 2.18. The van der Waals surface area contributed by atoms with Crippen LogP contribution >= 0.6 is 0 Å². The minimum atomic E-state index is -0.113. The Morgan fingerprint density at radius 3 is 2.77 bits per heavy atom. The molecule has 1 amide bonds. The summed E-state index contributed by atoms with van der Waals surface area (Å²) in [6, 6.07) is 7.72. The molecule has 6 heteroatoms. The first-order chi connectivity index (χ1) is 14.5. The second kappa shape index (κ2) is 7.42. The normalized spacial score (nSPS) is 19.2. The molecule has 3 aromatic rings. The van der Waals surface area contributed by atoms with Gasteiger partial charge in [-0.2, -0.15) is 0 Å². The molecule has 1 atom stereocenters. The second-order valence-electron chi connectivity index (χ2n) is 8.56. The van der Waals surface area contributed by atoms with Gasteiger partial charge in [-0.15, -0.1) is 0 Å². The van der Waals surface area contributed by atoms with Crippen molar-refractivity contribution in [2.24, 2.45) is 0 Å². The molecule has 0 unspecified atom stereocenters. The van der Waals surface area contributed by atoms with E-state index in [2.05, 4.69) is 18.9 Å². The van der Waals surface area contributed by atoms with Gasteiger partial charge in [0.15, 0.2) is 11.6 Å². The topological polar surface area (TPSA) is 62.5 Å². The Morgan fingerprint density at radius 2 is 1.93 bits per heavy atom. The summed E-state index contributed by atoms with van der Waals surface area (Å²) < 4.78 is 5.99. The molecule has 4 heterocycles. The molecule has 0 radical (unpaired) electrons. The van der Waals surface area contributed by atoms with Gasteiger partial charge in [-0.1, -0.05) is 18.2 Å². The number of furan rings is 1. The van der Waals surface area contributed by atoms with Gasteiger partial charge in [0.25, 0.3) is 5.91 Å². The standard InChI is InChI=1S/C24H28N4O2/c1-15-17-9-4-5-12-20(17)30-21(15)24(29)28-14-7-6-11-19(28)22-25-16(2)18-10-8-13-27(3)23(18)26-22/h4-5,9,12,19H,6-8,10-11,13-14H2,1-3H3/t19-/m1/s1. The lowest BCUT2D eigenvalue weighted by Gasteiger charge is -2.35. The number of aryl methyl sites for hydroxylation is 2. The third-order valence-corrected chi connectivity index (χ3v) is 6.59. The van der Waals surface area contributed by atoms with Crippen LogP contribution in [0.3, 0.4) is 0 Å². The van der Waals surface area contributed by atoms with Gasteiger partial charge in [0.2, 0.25) is 0 Å². The number of likely N-dealkylation sites (tertiary alicyclic amines) is 1. The number of fused-ring (bicyclic) bond motifs is 2. The molecule has 5 rings (SSSR count). The van der Waals surface area contributed by atoms with Crippen molar-refractivity contribution < 1.29 is 9.21 Å². The number of piperidine rings is 1. The number of carbonyl (C=O) groups is 1. The van der Waals surface area contributed by atoms with Crippen LogP contribution in [-0.2, 0) is 6.42 Å². The van der Waals surface area contributed by atoms with E-state index in [9.17, 15) is 4.79 Å². The number of anilines is 1. The fourth-order valence-electron chi connectivity index (χ4n) is 4.91. The maximum Gasteiger partial charge on any atom is 0.290 e. The first kappa shape index (κ1) is 19.1. The number of benzene rings is 1. The summed E-state index contributed by atoms with van der Waals surface area (Å²) >= 11 is 0. The Hall–Kier alpha value is -2.89. The zero-order valence-electron chi connectivity index (χ0n) is 17.9. The van der Waals surface area contributed by atoms with Crippen molar-refractivity contribution in [2.75, 3.05) is 25.0 Å². The molecule has 2 aliphatic heterocycles. The first-order valence-electron chi connectivity index (χ1n) is 10.9. The molecule has 156 valence electrons. The van der Waals surface area contributed by atoms with E-state index in [-0.39, 0.29) is 11.9 Å². The summed E-state index contributed by atoms with van der Waals surface area (Å²) in [4.78, 5) is 27.6. The molecule has 0 N–H and O–H groups in total. The highest BCUT2D eigenvalue weighted by Crippen LogP contribution is 2.35. The van der Waals surface area contributed by atoms with Gasteiger partial charge in [-0.3, -0.25) is 4.79 Å². The summed E-state index contributed by atoms with van der Waals surface area (Å²) in [7, 11) is 2.09. The van der Waals surface area contributed by atoms with E-state index in [1.165, 1.54) is 5.56 Å². The summed E-state index contributed by atoms with van der Waals surface area (Å²) in [5.41, 5.74) is 3.95. The molecule has 1 fully saturated rings. The smallest absolute Gasteiger partial charge is 0.290 e. The van der Waals surface area contributed by atoms with Crippen molar-refractivity contribution >= 4 is 22.7 Å². The van der Waals surface area contributed by atoms with Crippen LogP contribution in [0.5, 0.6) is 0 Å². The maximum atomic E-state index is 13.6. The van der Waals surface area contributed by atoms with Crippen LogP contribution in [-0.4, -0.2) is 40.9 Å². The van der Waals surface area contributed by atoms with Crippen LogP contribution in [0, 0.1) is 13.8 Å². The molecule has 0 spiro atoms. The van der Waals surface area contributed by atoms with E-state index >= 15 is 0 Å². The lowest BCUT2D eigenvalue weighted by molar-refractivity contribution is 0.0568. The second-order valence-corrected chi connectivity index (χ2v) is 8.56. The van der Waals surface area contributed by atoms with E-state index in [4.69, 9.17) is 14.4 Å². The number of para-hydroxylation sites is 1. The van der Waals surface area contributed by atoms with Gasteiger partial charge < -0.3 is 14.2 Å². The lowest BCUT2D eigenvalue weighted by Crippen LogP contribution is -2.40. The number of amides is 1. The first-order valence-corrected chi connectivity index (χ1v) is 10.9. The number of carbonyl (C=O) groups excluding carboxylic acids is 1. The Bertz CT molecular complexity index is 1120. The molecular formula is C24H28N4O2. The average Bonchev–Trinajstić information content (AvgIpc) is 3.10. The molecule has 0 aliphatic carbocycles. The monoisotopic (exact) mass is 404 g/mol. The summed E-state index contributed by atoms with van der Waals surface area (Å²) in [6.07, 6.45) is 5.10. The fraction of sp³-hybridized carbons (Fsp3) is 0.458. The van der Waals surface area contributed by atoms with Crippen molar-refractivity contribution in [3.05, 3.63) is 52.7 Å². The van der Waals surface area contributed by atoms with Crippen molar-refractivity contribution in [3.63, 3.8) is 0 Å². The van der Waals surface area contributed by atoms with Gasteiger partial charge >= 0.3 is 0 Å². The van der Waals surface area contributed by atoms with E-state index < -0.39 is 0 Å². The molecule has 1 aromatic carbocycles. The minimum Gasteiger partial charge on any atom is -0.451 e. The zero-order valence-corrected chi connectivity index (χ0v) is 17.9. The van der Waals surface area contributed by atoms with Crippen molar-refractivity contribution in [2.45, 2.75) is 52.0 Å². The largest absolute Gasteiger partial charge is 0.451 e. The van der Waals surface area contributed by atoms with E-state index in [1.807, 2.05) is 36.1 Å². The van der Waals surface area contributed by atoms with Crippen LogP contribution in [0.4, 0.5) is 5.82 Å². The molecule has 0 bridgehead atoms. The van der Waals surface area contributed by atoms with Crippen LogP contribution in [0.1, 0.15) is 64.9 Å². The average molecular weight is 405 g/mol. The number of hydrogen-bond acceptors (Lipinski definition) is 5. The lowest BCUT2D eigenvalue weighted by atomic mass is 9.99. The summed E-state index contributed by atoms with van der Waals surface area (Å²) in [5, 5.41) is 0.997. The third kappa shape index (κ3) is 3.06. The van der Waals surface area contributed by atoms with Gasteiger partial charge in [0, 0.05) is 42.3 Å². The Morgan fingerprint density at radius 1 is 1.10 bits per heavy atom. The molecule has 30 heavy (non-hydrogen) atoms. The number of nitrogens with zero attached hydrogens (tertiary/aromatic N) is 4. The molecule has 2 aromatic heterocycles. The third-order valence-electron chi connectivity index (χ3n) is 6.59. The van der Waals surface area contributed by atoms with Crippen LogP contribution in [0.15, 0.2) is 28.7 Å². The quantitative estimate of drug-likeness (QED) is 0.625. The molecule has 6 nitrogen and oxygen atoms in total. The fourth-order valence-corrected chi connectivity index (χ4v) is 4.91. The number of rotatable bonds is 2. The van der Waals surface area contributed by atoms with Crippen molar-refractivity contribution in [3.8, 4) is 0 Å².